The van der Waals surface area contributed by atoms with Crippen molar-refractivity contribution in [3.05, 3.63) is 54.1 Å². The maximum absolute atomic E-state index is 13.0. The number of halogens is 3. The molecule has 1 heterocycles. The third kappa shape index (κ3) is 8.20. The molecule has 1 fully saturated rings. The summed E-state index contributed by atoms with van der Waals surface area (Å²) in [6.45, 7) is 10.7. The zero-order chi connectivity index (χ0) is 28.1. The number of benzene rings is 1. The van der Waals surface area contributed by atoms with Gasteiger partial charge in [-0.15, -0.1) is 0 Å². The van der Waals surface area contributed by atoms with E-state index < -0.39 is 26.2 Å². The van der Waals surface area contributed by atoms with Crippen LogP contribution in [0.3, 0.4) is 0 Å². The van der Waals surface area contributed by atoms with Crippen molar-refractivity contribution in [1.29, 1.82) is 0 Å². The number of rotatable bonds is 7. The second kappa shape index (κ2) is 12.4. The predicted octanol–water partition coefficient (Wildman–Crippen LogP) is 7.07. The van der Waals surface area contributed by atoms with Crippen molar-refractivity contribution in [1.82, 2.24) is 0 Å². The second-order valence-corrected chi connectivity index (χ2v) is 16.6. The molecule has 0 radical (unpaired) electrons. The van der Waals surface area contributed by atoms with Gasteiger partial charge in [-0.05, 0) is 55.6 Å². The molecule has 38 heavy (non-hydrogen) atoms. The standard InChI is InChI=1S/C29H41F3O5Si/c1-28(2,3)38(4,5)37-26-18-25-23(13-8-6-7-9-14-27(34)36-25)24(26)16-15-21(33)19-35-22-12-10-11-20(17-22)29(30,31)32/h6,8,10-12,15-17,21,23-26,33H,7,9,13-14,18-19H2,1-5H3/b8-6-,16-15+/t21-,23-,24-,25+,26?/m1/s1. The Morgan fingerprint density at radius 1 is 1.21 bits per heavy atom. The molecule has 0 bridgehead atoms. The van der Waals surface area contributed by atoms with Crippen molar-refractivity contribution >= 4 is 14.3 Å². The molecule has 5 nitrogen and oxygen atoms in total. The highest BCUT2D eigenvalue weighted by Crippen LogP contribution is 2.45. The van der Waals surface area contributed by atoms with Gasteiger partial charge in [0.1, 0.15) is 24.6 Å². The molecule has 1 unspecified atom stereocenters. The maximum Gasteiger partial charge on any atom is 0.416 e. The summed E-state index contributed by atoms with van der Waals surface area (Å²) in [6, 6.07) is 4.59. The van der Waals surface area contributed by atoms with E-state index in [9.17, 15) is 23.1 Å². The lowest BCUT2D eigenvalue weighted by molar-refractivity contribution is -0.151. The van der Waals surface area contributed by atoms with Crippen LogP contribution in [0.25, 0.3) is 0 Å². The first-order chi connectivity index (χ1) is 17.7. The Balaban J connectivity index is 1.77. The number of allylic oxidation sites excluding steroid dienone is 2. The van der Waals surface area contributed by atoms with Crippen molar-refractivity contribution in [3.63, 3.8) is 0 Å². The number of hydrogen-bond donors (Lipinski definition) is 1. The van der Waals surface area contributed by atoms with Gasteiger partial charge < -0.3 is 19.0 Å². The van der Waals surface area contributed by atoms with Gasteiger partial charge in [-0.2, -0.15) is 13.2 Å². The van der Waals surface area contributed by atoms with E-state index in [-0.39, 0.29) is 47.4 Å². The fourth-order valence-corrected chi connectivity index (χ4v) is 6.06. The van der Waals surface area contributed by atoms with Crippen LogP contribution in [0.5, 0.6) is 5.75 Å². The van der Waals surface area contributed by atoms with E-state index in [1.165, 1.54) is 12.1 Å². The number of aliphatic hydroxyl groups excluding tert-OH is 1. The van der Waals surface area contributed by atoms with Crippen LogP contribution in [0, 0.1) is 11.8 Å². The number of carbonyl (C=O) groups is 1. The zero-order valence-corrected chi connectivity index (χ0v) is 24.0. The summed E-state index contributed by atoms with van der Waals surface area (Å²) in [4.78, 5) is 12.4. The number of fused-ring (bicyclic) bond motifs is 1. The molecule has 1 N–H and O–H groups in total. The molecule has 2 aliphatic rings. The van der Waals surface area contributed by atoms with Gasteiger partial charge in [-0.3, -0.25) is 4.79 Å². The van der Waals surface area contributed by atoms with Crippen LogP contribution in [0.2, 0.25) is 18.1 Å². The van der Waals surface area contributed by atoms with Crippen LogP contribution in [-0.2, 0) is 20.1 Å². The minimum absolute atomic E-state index is 0.00379. The highest BCUT2D eigenvalue weighted by Gasteiger charge is 2.48. The number of alkyl halides is 3. The lowest BCUT2D eigenvalue weighted by Gasteiger charge is -2.39. The van der Waals surface area contributed by atoms with Crippen molar-refractivity contribution < 1.29 is 37.0 Å². The fourth-order valence-electron chi connectivity index (χ4n) is 4.70. The summed E-state index contributed by atoms with van der Waals surface area (Å²) in [5.41, 5.74) is -0.804. The SMILES string of the molecule is CC(C)(C)[Si](C)(C)OC1C[C@@H]2OC(=O)CCC/C=C\C[C@@H]2[C@H]1/C=C/[C@@H](O)COc1cccc(C(F)(F)F)c1. The van der Waals surface area contributed by atoms with Crippen molar-refractivity contribution in [2.24, 2.45) is 11.8 Å². The molecule has 9 heteroatoms. The maximum atomic E-state index is 13.0. The Morgan fingerprint density at radius 3 is 2.63 bits per heavy atom. The number of hydrogen-bond acceptors (Lipinski definition) is 5. The van der Waals surface area contributed by atoms with E-state index in [2.05, 4.69) is 46.0 Å². The molecule has 1 aliphatic heterocycles. The van der Waals surface area contributed by atoms with E-state index in [4.69, 9.17) is 13.9 Å². The molecule has 1 aromatic rings. The van der Waals surface area contributed by atoms with Gasteiger partial charge in [-0.25, -0.2) is 0 Å². The van der Waals surface area contributed by atoms with Crippen LogP contribution in [-0.4, -0.2) is 44.3 Å². The van der Waals surface area contributed by atoms with E-state index in [0.717, 1.165) is 31.4 Å². The van der Waals surface area contributed by atoms with Crippen LogP contribution in [0.15, 0.2) is 48.6 Å². The lowest BCUT2D eigenvalue weighted by atomic mass is 9.89. The molecule has 0 aromatic heterocycles. The molecule has 1 saturated carbocycles. The summed E-state index contributed by atoms with van der Waals surface area (Å²) in [5, 5.41) is 10.6. The molecule has 0 saturated heterocycles. The predicted molar refractivity (Wildman–Crippen MR) is 143 cm³/mol. The average molecular weight is 555 g/mol. The summed E-state index contributed by atoms with van der Waals surface area (Å²) >= 11 is 0. The first-order valence-corrected chi connectivity index (χ1v) is 16.3. The van der Waals surface area contributed by atoms with Gasteiger partial charge in [0.25, 0.3) is 0 Å². The monoisotopic (exact) mass is 554 g/mol. The number of esters is 1. The van der Waals surface area contributed by atoms with Gasteiger partial charge in [0.15, 0.2) is 8.32 Å². The Morgan fingerprint density at radius 2 is 1.95 bits per heavy atom. The topological polar surface area (TPSA) is 65.0 Å². The van der Waals surface area contributed by atoms with Crippen LogP contribution in [0.4, 0.5) is 13.2 Å². The molecular formula is C29H41F3O5Si. The highest BCUT2D eigenvalue weighted by molar-refractivity contribution is 6.74. The molecule has 5 atom stereocenters. The van der Waals surface area contributed by atoms with E-state index in [0.29, 0.717) is 12.8 Å². The van der Waals surface area contributed by atoms with Gasteiger partial charge in [0.05, 0.1) is 11.7 Å². The summed E-state index contributed by atoms with van der Waals surface area (Å²) in [5.74, 6) is -0.262. The first kappa shape index (κ1) is 30.4. The zero-order valence-electron chi connectivity index (χ0n) is 23.0. The molecule has 0 spiro atoms. The second-order valence-electron chi connectivity index (χ2n) is 11.8. The smallest absolute Gasteiger partial charge is 0.416 e. The first-order valence-electron chi connectivity index (χ1n) is 13.4. The lowest BCUT2D eigenvalue weighted by Crippen LogP contribution is -2.45. The summed E-state index contributed by atoms with van der Waals surface area (Å²) in [7, 11) is -2.15. The summed E-state index contributed by atoms with van der Waals surface area (Å²) in [6.07, 6.45) is 5.09. The van der Waals surface area contributed by atoms with E-state index >= 15 is 0 Å². The average Bonchev–Trinajstić information content (AvgIpc) is 3.12. The van der Waals surface area contributed by atoms with Gasteiger partial charge in [0.2, 0.25) is 0 Å². The minimum atomic E-state index is -4.47. The quantitative estimate of drug-likeness (QED) is 0.222. The Bertz CT molecular complexity index is 999. The molecule has 1 aromatic carbocycles. The number of ether oxygens (including phenoxy) is 2. The van der Waals surface area contributed by atoms with Gasteiger partial charge in [0, 0.05) is 24.7 Å². The Hall–Kier alpha value is -2.10. The molecule has 212 valence electrons. The van der Waals surface area contributed by atoms with Gasteiger partial charge >= 0.3 is 12.1 Å². The third-order valence-corrected chi connectivity index (χ3v) is 12.4. The fraction of sp³-hybridized carbons (Fsp3) is 0.621. The van der Waals surface area contributed by atoms with Crippen LogP contribution >= 0.6 is 0 Å². The van der Waals surface area contributed by atoms with E-state index in [1.54, 1.807) is 6.08 Å². The van der Waals surface area contributed by atoms with Crippen LogP contribution < -0.4 is 4.74 Å². The molecule has 1 aliphatic carbocycles. The molecular weight excluding hydrogens is 513 g/mol. The summed E-state index contributed by atoms with van der Waals surface area (Å²) < 4.78 is 57.1. The van der Waals surface area contributed by atoms with Crippen molar-refractivity contribution in [2.45, 2.75) is 95.5 Å². The van der Waals surface area contributed by atoms with Crippen molar-refractivity contribution in [3.8, 4) is 5.75 Å². The largest absolute Gasteiger partial charge is 0.491 e. The Labute approximate surface area is 225 Å². The number of carbonyl (C=O) groups excluding carboxylic acids is 1. The van der Waals surface area contributed by atoms with Crippen molar-refractivity contribution in [2.75, 3.05) is 6.61 Å². The number of aliphatic hydroxyl groups is 1. The van der Waals surface area contributed by atoms with E-state index in [1.807, 2.05) is 6.08 Å². The Kier molecular flexibility index (Phi) is 9.92. The van der Waals surface area contributed by atoms with Crippen LogP contribution in [0.1, 0.15) is 58.4 Å². The molecule has 0 amide bonds. The normalized spacial score (nSPS) is 27.0. The van der Waals surface area contributed by atoms with Gasteiger partial charge in [-0.1, -0.05) is 51.1 Å². The molecule has 3 rings (SSSR count). The highest BCUT2D eigenvalue weighted by atomic mass is 28.4. The third-order valence-electron chi connectivity index (χ3n) is 7.87. The minimum Gasteiger partial charge on any atom is -0.491 e.